The van der Waals surface area contributed by atoms with E-state index in [2.05, 4.69) is 0 Å². The molecule has 2 atom stereocenters. The molecule has 90 valence electrons. The maximum Gasteiger partial charge on any atom is 0.123 e. The van der Waals surface area contributed by atoms with Crippen LogP contribution in [0.25, 0.3) is 0 Å². The van der Waals surface area contributed by atoms with Crippen LogP contribution in [0.15, 0.2) is 24.3 Å². The summed E-state index contributed by atoms with van der Waals surface area (Å²) in [5.41, 5.74) is 6.40. The highest BCUT2D eigenvalue weighted by atomic mass is 32.2. The highest BCUT2D eigenvalue weighted by molar-refractivity contribution is 7.99. The van der Waals surface area contributed by atoms with Crippen LogP contribution in [0, 0.1) is 5.82 Å². The van der Waals surface area contributed by atoms with Crippen LogP contribution >= 0.6 is 11.8 Å². The highest BCUT2D eigenvalue weighted by Crippen LogP contribution is 2.28. The zero-order valence-electron chi connectivity index (χ0n) is 8.84. The van der Waals surface area contributed by atoms with E-state index in [-0.39, 0.29) is 17.7 Å². The van der Waals surface area contributed by atoms with Gasteiger partial charge in [-0.25, -0.2) is 4.39 Å². The fourth-order valence-corrected chi connectivity index (χ4v) is 2.32. The number of rotatable bonds is 6. The lowest BCUT2D eigenvalue weighted by atomic mass is 10.1. The fourth-order valence-electron chi connectivity index (χ4n) is 1.29. The molecule has 0 spiro atoms. The summed E-state index contributed by atoms with van der Waals surface area (Å²) in [6, 6.07) is 6.26. The molecule has 0 bridgehead atoms. The van der Waals surface area contributed by atoms with Crippen LogP contribution in [0.1, 0.15) is 10.8 Å². The van der Waals surface area contributed by atoms with Crippen molar-refractivity contribution in [2.45, 2.75) is 11.4 Å². The van der Waals surface area contributed by atoms with E-state index in [9.17, 15) is 9.50 Å². The zero-order valence-corrected chi connectivity index (χ0v) is 9.66. The molecule has 0 saturated carbocycles. The van der Waals surface area contributed by atoms with Crippen molar-refractivity contribution >= 4 is 11.8 Å². The summed E-state index contributed by atoms with van der Waals surface area (Å²) in [5.74, 6) is 0.0915. The quantitative estimate of drug-likeness (QED) is 0.697. The van der Waals surface area contributed by atoms with Crippen molar-refractivity contribution in [3.63, 3.8) is 0 Å². The molecule has 4 N–H and O–H groups in total. The van der Waals surface area contributed by atoms with E-state index in [1.165, 1.54) is 23.9 Å². The molecule has 5 heteroatoms. The summed E-state index contributed by atoms with van der Waals surface area (Å²) in [5, 5.41) is 17.8. The van der Waals surface area contributed by atoms with E-state index in [0.29, 0.717) is 12.3 Å². The molecule has 0 heterocycles. The molecule has 0 amide bonds. The minimum absolute atomic E-state index is 0.0584. The summed E-state index contributed by atoms with van der Waals surface area (Å²) >= 11 is 1.41. The van der Waals surface area contributed by atoms with Gasteiger partial charge >= 0.3 is 0 Å². The van der Waals surface area contributed by atoms with Crippen molar-refractivity contribution < 1.29 is 14.6 Å². The van der Waals surface area contributed by atoms with Gasteiger partial charge in [-0.05, 0) is 17.7 Å². The summed E-state index contributed by atoms with van der Waals surface area (Å²) in [6.45, 7) is 0.0969. The van der Waals surface area contributed by atoms with Gasteiger partial charge in [-0.2, -0.15) is 0 Å². The molecule has 0 fully saturated rings. The van der Waals surface area contributed by atoms with Crippen LogP contribution in [0.2, 0.25) is 0 Å². The van der Waals surface area contributed by atoms with Gasteiger partial charge in [-0.15, -0.1) is 11.8 Å². The molecule has 2 unspecified atom stereocenters. The monoisotopic (exact) mass is 245 g/mol. The second kappa shape index (κ2) is 6.85. The van der Waals surface area contributed by atoms with Gasteiger partial charge in [-0.1, -0.05) is 12.1 Å². The van der Waals surface area contributed by atoms with Crippen LogP contribution in [0.3, 0.4) is 0 Å². The van der Waals surface area contributed by atoms with Crippen molar-refractivity contribution in [3.05, 3.63) is 35.6 Å². The molecule has 1 rings (SSSR count). The average molecular weight is 245 g/mol. The first-order valence-electron chi connectivity index (χ1n) is 5.03. The van der Waals surface area contributed by atoms with Gasteiger partial charge in [-0.3, -0.25) is 0 Å². The minimum atomic E-state index is -0.757. The number of hydrogen-bond donors (Lipinski definition) is 3. The number of benzene rings is 1. The molecule has 0 radical (unpaired) electrons. The lowest BCUT2D eigenvalue weighted by Gasteiger charge is -2.16. The van der Waals surface area contributed by atoms with E-state index in [4.69, 9.17) is 10.8 Å². The molecular formula is C11H16FNO2S. The topological polar surface area (TPSA) is 66.5 Å². The third-order valence-corrected chi connectivity index (χ3v) is 3.58. The van der Waals surface area contributed by atoms with Crippen molar-refractivity contribution in [2.24, 2.45) is 5.73 Å². The van der Waals surface area contributed by atoms with Gasteiger partial charge < -0.3 is 15.9 Å². The molecule has 0 aliphatic heterocycles. The smallest absolute Gasteiger partial charge is 0.123 e. The van der Waals surface area contributed by atoms with E-state index in [1.807, 2.05) is 0 Å². The third-order valence-electron chi connectivity index (χ3n) is 2.14. The Bertz CT molecular complexity index is 325. The van der Waals surface area contributed by atoms with E-state index in [1.54, 1.807) is 12.1 Å². The van der Waals surface area contributed by atoms with Crippen molar-refractivity contribution in [1.29, 1.82) is 0 Å². The summed E-state index contributed by atoms with van der Waals surface area (Å²) in [4.78, 5) is 0. The van der Waals surface area contributed by atoms with Crippen LogP contribution in [-0.4, -0.2) is 35.2 Å². The number of aliphatic hydroxyl groups excluding tert-OH is 2. The molecule has 0 saturated heterocycles. The van der Waals surface area contributed by atoms with Gasteiger partial charge in [0.05, 0.1) is 12.7 Å². The Morgan fingerprint density at radius 3 is 2.75 bits per heavy atom. The second-order valence-corrected chi connectivity index (χ2v) is 4.68. The Morgan fingerprint density at radius 2 is 2.19 bits per heavy atom. The molecule has 0 aromatic heterocycles. The van der Waals surface area contributed by atoms with Gasteiger partial charge in [0.1, 0.15) is 5.82 Å². The Labute approximate surface area is 98.5 Å². The number of aliphatic hydroxyl groups is 2. The van der Waals surface area contributed by atoms with Crippen molar-refractivity contribution in [2.75, 3.05) is 18.9 Å². The molecule has 3 nitrogen and oxygen atoms in total. The van der Waals surface area contributed by atoms with Crippen LogP contribution in [0.5, 0.6) is 0 Å². The normalized spacial score (nSPS) is 14.8. The molecule has 0 aliphatic rings. The number of hydrogen-bond acceptors (Lipinski definition) is 4. The van der Waals surface area contributed by atoms with Crippen LogP contribution in [-0.2, 0) is 0 Å². The van der Waals surface area contributed by atoms with E-state index >= 15 is 0 Å². The summed E-state index contributed by atoms with van der Waals surface area (Å²) in [7, 11) is 0. The Morgan fingerprint density at radius 1 is 1.44 bits per heavy atom. The molecular weight excluding hydrogens is 229 g/mol. The summed E-state index contributed by atoms with van der Waals surface area (Å²) < 4.78 is 13.0. The van der Waals surface area contributed by atoms with Gasteiger partial charge in [0.15, 0.2) is 0 Å². The summed E-state index contributed by atoms with van der Waals surface area (Å²) in [6.07, 6.45) is -0.757. The predicted molar refractivity (Wildman–Crippen MR) is 63.7 cm³/mol. The van der Waals surface area contributed by atoms with Crippen molar-refractivity contribution in [1.82, 2.24) is 0 Å². The average Bonchev–Trinajstić information content (AvgIpc) is 2.29. The maximum atomic E-state index is 13.0. The number of thioether (sulfide) groups is 1. The van der Waals surface area contributed by atoms with Crippen molar-refractivity contribution in [3.8, 4) is 0 Å². The Kier molecular flexibility index (Phi) is 5.76. The SMILES string of the molecule is NCC(SCC(O)CO)c1cccc(F)c1. The zero-order chi connectivity index (χ0) is 12.0. The van der Waals surface area contributed by atoms with Gasteiger partial charge in [0.2, 0.25) is 0 Å². The largest absolute Gasteiger partial charge is 0.394 e. The minimum Gasteiger partial charge on any atom is -0.394 e. The first-order chi connectivity index (χ1) is 7.67. The molecule has 16 heavy (non-hydrogen) atoms. The van der Waals surface area contributed by atoms with Crippen LogP contribution in [0.4, 0.5) is 4.39 Å². The van der Waals surface area contributed by atoms with Gasteiger partial charge in [0.25, 0.3) is 0 Å². The molecule has 0 aliphatic carbocycles. The van der Waals surface area contributed by atoms with E-state index in [0.717, 1.165) is 5.56 Å². The highest BCUT2D eigenvalue weighted by Gasteiger charge is 2.13. The van der Waals surface area contributed by atoms with Gasteiger partial charge in [0, 0.05) is 17.5 Å². The fraction of sp³-hybridized carbons (Fsp3) is 0.455. The number of nitrogens with two attached hydrogens (primary N) is 1. The van der Waals surface area contributed by atoms with E-state index < -0.39 is 6.10 Å². The first kappa shape index (κ1) is 13.4. The third kappa shape index (κ3) is 4.09. The first-order valence-corrected chi connectivity index (χ1v) is 6.08. The predicted octanol–water partition coefficient (Wildman–Crippen LogP) is 0.912. The molecule has 1 aromatic rings. The second-order valence-electron chi connectivity index (χ2n) is 3.45. The lowest BCUT2D eigenvalue weighted by molar-refractivity contribution is 0.113. The lowest BCUT2D eigenvalue weighted by Crippen LogP contribution is -2.18. The molecule has 1 aromatic carbocycles. The Hall–Kier alpha value is -0.620. The standard InChI is InChI=1S/C11H16FNO2S/c12-9-3-1-2-8(4-9)11(5-13)16-7-10(15)6-14/h1-4,10-11,14-15H,5-7,13H2. The number of halogens is 1. The van der Waals surface area contributed by atoms with Crippen LogP contribution < -0.4 is 5.73 Å². The maximum absolute atomic E-state index is 13.0. The Balaban J connectivity index is 2.60.